The van der Waals surface area contributed by atoms with Gasteiger partial charge in [0.05, 0.1) is 11.3 Å². The zero-order chi connectivity index (χ0) is 18.2. The second kappa shape index (κ2) is 6.54. The van der Waals surface area contributed by atoms with E-state index in [9.17, 15) is 9.67 Å². The Labute approximate surface area is 154 Å². The number of hydrogen-bond donors (Lipinski definition) is 1. The molecule has 26 heavy (non-hydrogen) atoms. The molecule has 4 rings (SSSR count). The van der Waals surface area contributed by atoms with Gasteiger partial charge in [-0.2, -0.15) is 0 Å². The highest BCUT2D eigenvalue weighted by molar-refractivity contribution is 7.79. The molecule has 132 valence electrons. The maximum absolute atomic E-state index is 14.6. The number of aryl methyl sites for hydroxylation is 1. The first-order valence-corrected chi connectivity index (χ1v) is 10.8. The fourth-order valence-electron chi connectivity index (χ4n) is 4.33. The Morgan fingerprint density at radius 1 is 0.846 bits per heavy atom. The van der Waals surface area contributed by atoms with E-state index in [1.165, 1.54) is 0 Å². The van der Waals surface area contributed by atoms with Crippen LogP contribution in [0.3, 0.4) is 0 Å². The molecule has 0 radical (unpaired) electrons. The van der Waals surface area contributed by atoms with Gasteiger partial charge in [-0.1, -0.05) is 84.9 Å². The lowest BCUT2D eigenvalue weighted by molar-refractivity contribution is 0.0425. The van der Waals surface area contributed by atoms with Gasteiger partial charge >= 0.3 is 0 Å². The SMILES string of the molecule is CC1(O)c2ccccc2CCC1P(=O)(c1ccccc1)c1ccccc1. The van der Waals surface area contributed by atoms with Crippen LogP contribution in [0.5, 0.6) is 0 Å². The molecule has 0 aliphatic heterocycles. The highest BCUT2D eigenvalue weighted by atomic mass is 31.2. The zero-order valence-electron chi connectivity index (χ0n) is 14.9. The van der Waals surface area contributed by atoms with Gasteiger partial charge in [-0.3, -0.25) is 0 Å². The summed E-state index contributed by atoms with van der Waals surface area (Å²) in [7, 11) is -3.03. The second-order valence-corrected chi connectivity index (χ2v) is 10.2. The summed E-state index contributed by atoms with van der Waals surface area (Å²) in [6.07, 6.45) is 1.53. The molecular weight excluding hydrogens is 339 g/mol. The molecule has 0 amide bonds. The number of aliphatic hydroxyl groups is 1. The van der Waals surface area contributed by atoms with Crippen molar-refractivity contribution in [2.75, 3.05) is 0 Å². The molecule has 3 aromatic carbocycles. The average molecular weight is 362 g/mol. The van der Waals surface area contributed by atoms with Crippen molar-refractivity contribution in [1.82, 2.24) is 0 Å². The van der Waals surface area contributed by atoms with E-state index in [1.807, 2.05) is 85.8 Å². The summed E-state index contributed by atoms with van der Waals surface area (Å²) in [6.45, 7) is 1.83. The molecule has 3 heteroatoms. The monoisotopic (exact) mass is 362 g/mol. The average Bonchev–Trinajstić information content (AvgIpc) is 2.69. The Kier molecular flexibility index (Phi) is 4.34. The van der Waals surface area contributed by atoms with Crippen molar-refractivity contribution in [2.24, 2.45) is 0 Å². The van der Waals surface area contributed by atoms with Crippen molar-refractivity contribution in [3.63, 3.8) is 0 Å². The predicted octanol–water partition coefficient (Wildman–Crippen LogP) is 4.22. The van der Waals surface area contributed by atoms with Gasteiger partial charge in [0.25, 0.3) is 0 Å². The highest BCUT2D eigenvalue weighted by Crippen LogP contribution is 2.58. The van der Waals surface area contributed by atoms with Crippen molar-refractivity contribution in [3.8, 4) is 0 Å². The quantitative estimate of drug-likeness (QED) is 0.708. The first-order chi connectivity index (χ1) is 12.5. The standard InChI is InChI=1S/C23H23O2P/c1-23(24)21-15-9-8-10-18(21)16-17-22(23)26(25,19-11-4-2-5-12-19)20-13-6-3-7-14-20/h2-15,22,24H,16-17H2,1H3. The third kappa shape index (κ3) is 2.65. The van der Waals surface area contributed by atoms with Gasteiger partial charge in [0.15, 0.2) is 0 Å². The Balaban J connectivity index is 1.93. The molecule has 3 aromatic rings. The Morgan fingerprint density at radius 3 is 1.92 bits per heavy atom. The van der Waals surface area contributed by atoms with E-state index in [0.29, 0.717) is 6.42 Å². The molecule has 0 saturated carbocycles. The van der Waals surface area contributed by atoms with Gasteiger partial charge < -0.3 is 9.67 Å². The molecule has 0 heterocycles. The van der Waals surface area contributed by atoms with Crippen LogP contribution in [-0.2, 0) is 16.6 Å². The fraction of sp³-hybridized carbons (Fsp3) is 0.217. The summed E-state index contributed by atoms with van der Waals surface area (Å²) >= 11 is 0. The molecule has 2 nitrogen and oxygen atoms in total. The van der Waals surface area contributed by atoms with Crippen molar-refractivity contribution in [2.45, 2.75) is 31.0 Å². The zero-order valence-corrected chi connectivity index (χ0v) is 15.8. The smallest absolute Gasteiger partial charge is 0.149 e. The van der Waals surface area contributed by atoms with Gasteiger partial charge in [0.2, 0.25) is 0 Å². The van der Waals surface area contributed by atoms with Crippen LogP contribution in [0.25, 0.3) is 0 Å². The van der Waals surface area contributed by atoms with Crippen LogP contribution in [0.1, 0.15) is 24.5 Å². The van der Waals surface area contributed by atoms with Crippen LogP contribution in [-0.4, -0.2) is 10.8 Å². The van der Waals surface area contributed by atoms with Crippen LogP contribution in [0, 0.1) is 0 Å². The number of rotatable bonds is 3. The van der Waals surface area contributed by atoms with Crippen molar-refractivity contribution in [3.05, 3.63) is 96.1 Å². The molecule has 0 aromatic heterocycles. The van der Waals surface area contributed by atoms with E-state index < -0.39 is 12.7 Å². The maximum atomic E-state index is 14.6. The van der Waals surface area contributed by atoms with E-state index in [1.54, 1.807) is 0 Å². The van der Waals surface area contributed by atoms with Crippen molar-refractivity contribution in [1.29, 1.82) is 0 Å². The summed E-state index contributed by atoms with van der Waals surface area (Å²) in [5.41, 5.74) is 0.565. The molecule has 0 bridgehead atoms. The van der Waals surface area contributed by atoms with Gasteiger partial charge in [0, 0.05) is 10.6 Å². The summed E-state index contributed by atoms with van der Waals surface area (Å²) in [5.74, 6) is 0. The lowest BCUT2D eigenvalue weighted by Gasteiger charge is -2.43. The van der Waals surface area contributed by atoms with Crippen LogP contribution >= 0.6 is 7.14 Å². The van der Waals surface area contributed by atoms with Crippen LogP contribution in [0.4, 0.5) is 0 Å². The normalized spacial score (nSPS) is 22.6. The Morgan fingerprint density at radius 2 is 1.35 bits per heavy atom. The molecular formula is C23H23O2P. The molecule has 1 aliphatic rings. The van der Waals surface area contributed by atoms with E-state index in [-0.39, 0.29) is 5.66 Å². The summed E-state index contributed by atoms with van der Waals surface area (Å²) in [5, 5.41) is 13.2. The Bertz CT molecular complexity index is 905. The van der Waals surface area contributed by atoms with Crippen LogP contribution in [0.2, 0.25) is 0 Å². The maximum Gasteiger partial charge on any atom is 0.149 e. The number of benzene rings is 3. The molecule has 2 atom stereocenters. The summed E-state index contributed by atoms with van der Waals surface area (Å²) in [6, 6.07) is 27.3. The third-order valence-corrected chi connectivity index (χ3v) is 9.39. The largest absolute Gasteiger partial charge is 0.385 e. The summed E-state index contributed by atoms with van der Waals surface area (Å²) in [4.78, 5) is 0. The fourth-order valence-corrected chi connectivity index (χ4v) is 7.92. The molecule has 2 unspecified atom stereocenters. The van der Waals surface area contributed by atoms with Crippen LogP contribution in [0.15, 0.2) is 84.9 Å². The number of hydrogen-bond acceptors (Lipinski definition) is 2. The van der Waals surface area contributed by atoms with Crippen LogP contribution < -0.4 is 10.6 Å². The minimum Gasteiger partial charge on any atom is -0.385 e. The van der Waals surface area contributed by atoms with Gasteiger partial charge in [-0.25, -0.2) is 0 Å². The van der Waals surface area contributed by atoms with Crippen molar-refractivity contribution >= 4 is 17.8 Å². The lowest BCUT2D eigenvalue weighted by atomic mass is 9.80. The number of fused-ring (bicyclic) bond motifs is 1. The minimum atomic E-state index is -3.03. The molecule has 0 fully saturated rings. The third-order valence-electron chi connectivity index (χ3n) is 5.62. The highest BCUT2D eigenvalue weighted by Gasteiger charge is 2.50. The molecule has 1 N–H and O–H groups in total. The second-order valence-electron chi connectivity index (χ2n) is 7.19. The van der Waals surface area contributed by atoms with E-state index in [4.69, 9.17) is 0 Å². The first kappa shape index (κ1) is 17.3. The lowest BCUT2D eigenvalue weighted by Crippen LogP contribution is -2.44. The molecule has 0 spiro atoms. The minimum absolute atomic E-state index is 0.352. The molecule has 0 saturated heterocycles. The van der Waals surface area contributed by atoms with E-state index in [0.717, 1.165) is 28.2 Å². The predicted molar refractivity (Wildman–Crippen MR) is 108 cm³/mol. The van der Waals surface area contributed by atoms with Gasteiger partial charge in [-0.15, -0.1) is 0 Å². The van der Waals surface area contributed by atoms with Crippen molar-refractivity contribution < 1.29 is 9.67 Å². The van der Waals surface area contributed by atoms with E-state index in [2.05, 4.69) is 6.07 Å². The molecule has 1 aliphatic carbocycles. The summed E-state index contributed by atoms with van der Waals surface area (Å²) < 4.78 is 14.6. The van der Waals surface area contributed by atoms with Gasteiger partial charge in [0.1, 0.15) is 7.14 Å². The van der Waals surface area contributed by atoms with Gasteiger partial charge in [-0.05, 0) is 30.9 Å². The Hall–Kier alpha value is -2.15. The topological polar surface area (TPSA) is 37.3 Å². The van der Waals surface area contributed by atoms with E-state index >= 15 is 0 Å². The first-order valence-electron chi connectivity index (χ1n) is 9.06.